The van der Waals surface area contributed by atoms with Crippen molar-refractivity contribution in [3.63, 3.8) is 0 Å². The number of hydrogen-bond acceptors (Lipinski definition) is 4. The molecule has 3 aliphatic rings. The van der Waals surface area contributed by atoms with E-state index in [-0.39, 0.29) is 11.9 Å². The number of rotatable bonds is 4. The third kappa shape index (κ3) is 2.64. The lowest BCUT2D eigenvalue weighted by Crippen LogP contribution is -2.61. The van der Waals surface area contributed by atoms with Crippen molar-refractivity contribution in [1.29, 1.82) is 0 Å². The number of amides is 3. The number of aliphatic imine (C=N–C) groups is 1. The third-order valence-electron chi connectivity index (χ3n) is 5.52. The molecular formula is C17H28N5O2+. The molecule has 0 aromatic heterocycles. The second kappa shape index (κ2) is 6.63. The molecule has 0 aliphatic carbocycles. The van der Waals surface area contributed by atoms with Gasteiger partial charge in [0.15, 0.2) is 0 Å². The van der Waals surface area contributed by atoms with Gasteiger partial charge in [-0.3, -0.25) is 19.5 Å². The maximum Gasteiger partial charge on any atom is 0.333 e. The fourth-order valence-electron chi connectivity index (χ4n) is 4.05. The third-order valence-corrected chi connectivity index (χ3v) is 5.52. The van der Waals surface area contributed by atoms with Crippen molar-refractivity contribution < 1.29 is 14.2 Å². The molecule has 3 aliphatic heterocycles. The molecule has 24 heavy (non-hydrogen) atoms. The summed E-state index contributed by atoms with van der Waals surface area (Å²) >= 11 is 0. The first-order chi connectivity index (χ1) is 11.5. The van der Waals surface area contributed by atoms with Gasteiger partial charge in [0.2, 0.25) is 0 Å². The van der Waals surface area contributed by atoms with Crippen molar-refractivity contribution >= 4 is 23.6 Å². The first kappa shape index (κ1) is 17.1. The topological polar surface area (TPSA) is 59.2 Å². The number of urea groups is 1. The van der Waals surface area contributed by atoms with E-state index >= 15 is 0 Å². The molecule has 3 amide bonds. The van der Waals surface area contributed by atoms with E-state index in [2.05, 4.69) is 16.4 Å². The number of imide groups is 1. The number of likely N-dealkylation sites (tertiary alicyclic amines) is 1. The van der Waals surface area contributed by atoms with Gasteiger partial charge in [-0.1, -0.05) is 13.3 Å². The lowest BCUT2D eigenvalue weighted by Gasteiger charge is -2.34. The number of likely N-dealkylation sites (N-methyl/N-ethyl adjacent to an activating group) is 3. The maximum absolute atomic E-state index is 12.6. The van der Waals surface area contributed by atoms with Crippen molar-refractivity contribution in [2.45, 2.75) is 51.6 Å². The van der Waals surface area contributed by atoms with Gasteiger partial charge < -0.3 is 0 Å². The second-order valence-electron chi connectivity index (χ2n) is 6.84. The van der Waals surface area contributed by atoms with E-state index in [1.165, 1.54) is 29.1 Å². The van der Waals surface area contributed by atoms with Gasteiger partial charge in [0, 0.05) is 20.1 Å². The minimum Gasteiger partial charge on any atom is -0.289 e. The molecule has 0 aromatic carbocycles. The minimum absolute atomic E-state index is 0.181. The van der Waals surface area contributed by atoms with Gasteiger partial charge in [-0.15, -0.1) is 0 Å². The highest BCUT2D eigenvalue weighted by Crippen LogP contribution is 2.22. The lowest BCUT2D eigenvalue weighted by molar-refractivity contribution is -0.532. The summed E-state index contributed by atoms with van der Waals surface area (Å²) in [6.45, 7) is 6.81. The first-order valence-corrected chi connectivity index (χ1v) is 8.99. The zero-order chi connectivity index (χ0) is 17.4. The van der Waals surface area contributed by atoms with E-state index in [1.807, 2.05) is 6.92 Å². The molecule has 0 bridgehead atoms. The van der Waals surface area contributed by atoms with E-state index < -0.39 is 6.04 Å². The van der Waals surface area contributed by atoms with E-state index in [1.54, 1.807) is 14.1 Å². The summed E-state index contributed by atoms with van der Waals surface area (Å²) < 4.78 is 2.05. The van der Waals surface area contributed by atoms with Crippen LogP contribution in [0.2, 0.25) is 0 Å². The second-order valence-corrected chi connectivity index (χ2v) is 6.84. The Bertz CT molecular complexity index is 612. The number of nitrogens with zero attached hydrogens (tertiary/aromatic N) is 5. The molecule has 2 unspecified atom stereocenters. The van der Waals surface area contributed by atoms with Crippen molar-refractivity contribution in [3.8, 4) is 0 Å². The fourth-order valence-corrected chi connectivity index (χ4v) is 4.05. The summed E-state index contributed by atoms with van der Waals surface area (Å²) in [6, 6.07) is -0.176. The van der Waals surface area contributed by atoms with Crippen LogP contribution in [0.5, 0.6) is 0 Å². The highest BCUT2D eigenvalue weighted by molar-refractivity contribution is 6.23. The normalized spacial score (nSPS) is 28.6. The van der Waals surface area contributed by atoms with Crippen molar-refractivity contribution in [2.24, 2.45) is 4.99 Å². The number of carbonyl (C=O) groups excluding carboxylic acids is 2. The predicted molar refractivity (Wildman–Crippen MR) is 92.5 cm³/mol. The van der Waals surface area contributed by atoms with Gasteiger partial charge in [-0.05, 0) is 37.7 Å². The van der Waals surface area contributed by atoms with Gasteiger partial charge in [0.25, 0.3) is 17.8 Å². The summed E-state index contributed by atoms with van der Waals surface area (Å²) in [5.74, 6) is 1.31. The van der Waals surface area contributed by atoms with Gasteiger partial charge >= 0.3 is 11.9 Å². The van der Waals surface area contributed by atoms with Gasteiger partial charge in [-0.25, -0.2) is 9.37 Å². The number of fused-ring (bicyclic) bond motifs is 1. The van der Waals surface area contributed by atoms with Gasteiger partial charge in [-0.2, -0.15) is 0 Å². The van der Waals surface area contributed by atoms with Crippen LogP contribution in [0.3, 0.4) is 0 Å². The molecule has 3 rings (SSSR count). The molecule has 2 saturated heterocycles. The van der Waals surface area contributed by atoms with Crippen LogP contribution in [-0.4, -0.2) is 88.7 Å². The fraction of sp³-hybridized carbons (Fsp3) is 0.765. The molecule has 0 N–H and O–H groups in total. The van der Waals surface area contributed by atoms with E-state index in [4.69, 9.17) is 4.99 Å². The molecular weight excluding hydrogens is 306 g/mol. The number of amidine groups is 2. The molecule has 132 valence electrons. The Morgan fingerprint density at radius 1 is 1.17 bits per heavy atom. The molecule has 7 heteroatoms. The minimum atomic E-state index is -0.456. The lowest BCUT2D eigenvalue weighted by atomic mass is 10.00. The van der Waals surface area contributed by atoms with Crippen LogP contribution in [0, 0.1) is 0 Å². The molecule has 0 radical (unpaired) electrons. The Morgan fingerprint density at radius 2 is 1.92 bits per heavy atom. The Kier molecular flexibility index (Phi) is 4.71. The van der Waals surface area contributed by atoms with Crippen molar-refractivity contribution in [2.75, 3.05) is 33.7 Å². The van der Waals surface area contributed by atoms with Crippen LogP contribution in [0.15, 0.2) is 4.99 Å². The predicted octanol–water partition coefficient (Wildman–Crippen LogP) is 0.986. The maximum atomic E-state index is 12.6. The summed E-state index contributed by atoms with van der Waals surface area (Å²) in [7, 11) is 3.24. The molecule has 0 saturated carbocycles. The Hall–Kier alpha value is -1.76. The van der Waals surface area contributed by atoms with Gasteiger partial charge in [0.05, 0.1) is 6.54 Å². The van der Waals surface area contributed by atoms with Crippen LogP contribution < -0.4 is 0 Å². The van der Waals surface area contributed by atoms with E-state index in [0.717, 1.165) is 25.3 Å². The monoisotopic (exact) mass is 334 g/mol. The quantitative estimate of drug-likeness (QED) is 0.720. The molecule has 2 atom stereocenters. The van der Waals surface area contributed by atoms with Gasteiger partial charge in [0.1, 0.15) is 6.54 Å². The largest absolute Gasteiger partial charge is 0.333 e. The van der Waals surface area contributed by atoms with Crippen molar-refractivity contribution in [3.05, 3.63) is 0 Å². The van der Waals surface area contributed by atoms with Crippen LogP contribution in [-0.2, 0) is 4.79 Å². The number of hydrogen-bond donors (Lipinski definition) is 0. The van der Waals surface area contributed by atoms with E-state index in [0.29, 0.717) is 18.4 Å². The molecule has 0 spiro atoms. The first-order valence-electron chi connectivity index (χ1n) is 8.99. The Balaban J connectivity index is 1.90. The zero-order valence-electron chi connectivity index (χ0n) is 15.2. The van der Waals surface area contributed by atoms with Crippen LogP contribution in [0.25, 0.3) is 0 Å². The molecule has 7 nitrogen and oxygen atoms in total. The summed E-state index contributed by atoms with van der Waals surface area (Å²) in [5.41, 5.74) is 0. The Morgan fingerprint density at radius 3 is 2.58 bits per heavy atom. The average Bonchev–Trinajstić information content (AvgIpc) is 2.97. The Labute approximate surface area is 143 Å². The zero-order valence-corrected chi connectivity index (χ0v) is 15.2. The molecule has 3 heterocycles. The smallest absolute Gasteiger partial charge is 0.289 e. The van der Waals surface area contributed by atoms with Crippen LogP contribution in [0.1, 0.15) is 39.5 Å². The molecule has 2 fully saturated rings. The summed E-state index contributed by atoms with van der Waals surface area (Å²) in [6.07, 6.45) is 4.88. The summed E-state index contributed by atoms with van der Waals surface area (Å²) in [4.78, 5) is 34.7. The number of piperidine rings is 1. The summed E-state index contributed by atoms with van der Waals surface area (Å²) in [5, 5.41) is 0. The highest BCUT2D eigenvalue weighted by Gasteiger charge is 2.52. The average molecular weight is 334 g/mol. The SMILES string of the molecule is CCC1CCCCN1CC1=[N+](CC)C2C(=O)N(C)C(=O)N(C)C2=N1. The molecule has 0 aromatic rings. The standard InChI is InChI=1S/C17H28N5O2/c1-5-12-9-7-8-10-21(12)11-13-18-15-14(22(13)6-2)16(23)20(4)17(24)19(15)3/h12,14H,5-11H2,1-4H3/q+1. The van der Waals surface area contributed by atoms with Crippen LogP contribution >= 0.6 is 0 Å². The highest BCUT2D eigenvalue weighted by atomic mass is 16.2. The number of carbonyl (C=O) groups is 2. The van der Waals surface area contributed by atoms with Crippen LogP contribution in [0.4, 0.5) is 4.79 Å². The van der Waals surface area contributed by atoms with E-state index in [9.17, 15) is 9.59 Å². The van der Waals surface area contributed by atoms with Crippen molar-refractivity contribution in [1.82, 2.24) is 14.7 Å².